The first kappa shape index (κ1) is 22.3. The minimum atomic E-state index is -0.324. The van der Waals surface area contributed by atoms with Gasteiger partial charge in [-0.3, -0.25) is 14.5 Å². The van der Waals surface area contributed by atoms with Gasteiger partial charge < -0.3 is 5.32 Å². The third kappa shape index (κ3) is 4.86. The molecule has 30 heavy (non-hydrogen) atoms. The highest BCUT2D eigenvalue weighted by Crippen LogP contribution is 2.43. The van der Waals surface area contributed by atoms with Gasteiger partial charge in [0.15, 0.2) is 0 Å². The Hall–Kier alpha value is -2.34. The first-order valence-corrected chi connectivity index (χ1v) is 11.6. The van der Waals surface area contributed by atoms with E-state index in [9.17, 15) is 14.0 Å². The van der Waals surface area contributed by atoms with Crippen molar-refractivity contribution in [1.82, 2.24) is 0 Å². The van der Waals surface area contributed by atoms with Crippen molar-refractivity contribution in [3.05, 3.63) is 59.4 Å². The van der Waals surface area contributed by atoms with E-state index in [0.717, 1.165) is 36.9 Å². The van der Waals surface area contributed by atoms with E-state index >= 15 is 0 Å². The third-order valence-corrected chi connectivity index (χ3v) is 6.79. The molecule has 0 radical (unpaired) electrons. The molecule has 0 unspecified atom stereocenters. The number of anilines is 2. The van der Waals surface area contributed by atoms with Gasteiger partial charge in [-0.05, 0) is 49.6 Å². The monoisotopic (exact) mass is 428 g/mol. The molecule has 4 nitrogen and oxygen atoms in total. The number of nitrogens with zero attached hydrogens (tertiary/aromatic N) is 1. The second-order valence-electron chi connectivity index (χ2n) is 7.67. The molecule has 0 aliphatic carbocycles. The zero-order valence-corrected chi connectivity index (χ0v) is 18.6. The van der Waals surface area contributed by atoms with Crippen molar-refractivity contribution in [1.29, 1.82) is 0 Å². The molecule has 2 aromatic carbocycles. The molecule has 1 aliphatic heterocycles. The van der Waals surface area contributed by atoms with Crippen LogP contribution in [0.25, 0.3) is 0 Å². The number of hydrogen-bond acceptors (Lipinski definition) is 3. The zero-order chi connectivity index (χ0) is 21.7. The average molecular weight is 429 g/mol. The molecule has 1 saturated heterocycles. The first-order valence-electron chi connectivity index (χ1n) is 10.6. The van der Waals surface area contributed by atoms with E-state index in [1.165, 1.54) is 17.8 Å². The van der Waals surface area contributed by atoms with Gasteiger partial charge in [0.1, 0.15) is 11.2 Å². The van der Waals surface area contributed by atoms with Crippen molar-refractivity contribution in [2.24, 2.45) is 5.92 Å². The van der Waals surface area contributed by atoms with Crippen molar-refractivity contribution in [2.45, 2.75) is 51.8 Å². The van der Waals surface area contributed by atoms with Gasteiger partial charge in [-0.2, -0.15) is 0 Å². The Morgan fingerprint density at radius 2 is 2.03 bits per heavy atom. The Balaban J connectivity index is 1.83. The van der Waals surface area contributed by atoms with Crippen LogP contribution in [0.5, 0.6) is 0 Å². The maximum atomic E-state index is 14.1. The summed E-state index contributed by atoms with van der Waals surface area (Å²) in [6.45, 7) is 5.85. The number of unbranched alkanes of at least 4 members (excludes halogenated alkanes) is 1. The summed E-state index contributed by atoms with van der Waals surface area (Å²) in [5.41, 5.74) is 2.69. The van der Waals surface area contributed by atoms with Crippen LogP contribution in [0.1, 0.15) is 56.0 Å². The summed E-state index contributed by atoms with van der Waals surface area (Å²) in [5.74, 6) is 0.0125. The second-order valence-corrected chi connectivity index (χ2v) is 8.74. The van der Waals surface area contributed by atoms with E-state index < -0.39 is 0 Å². The van der Waals surface area contributed by atoms with Crippen LogP contribution in [0.4, 0.5) is 15.8 Å². The predicted octanol–water partition coefficient (Wildman–Crippen LogP) is 6.07. The number of nitrogens with one attached hydrogen (secondary N) is 1. The van der Waals surface area contributed by atoms with Crippen LogP contribution in [0, 0.1) is 18.7 Å². The number of halogens is 1. The molecule has 3 rings (SSSR count). The van der Waals surface area contributed by atoms with Crippen molar-refractivity contribution in [3.8, 4) is 0 Å². The molecule has 6 heteroatoms. The van der Waals surface area contributed by atoms with Gasteiger partial charge in [-0.15, -0.1) is 11.8 Å². The summed E-state index contributed by atoms with van der Waals surface area (Å²) >= 11 is 1.51. The number of carbonyl (C=O) groups is 2. The summed E-state index contributed by atoms with van der Waals surface area (Å²) in [4.78, 5) is 27.0. The van der Waals surface area contributed by atoms with Crippen LogP contribution in [-0.2, 0) is 9.59 Å². The number of hydrogen-bond donors (Lipinski definition) is 1. The second kappa shape index (κ2) is 10.1. The lowest BCUT2D eigenvalue weighted by Crippen LogP contribution is -2.29. The third-order valence-electron chi connectivity index (χ3n) is 5.58. The van der Waals surface area contributed by atoms with Gasteiger partial charge in [0.25, 0.3) is 0 Å². The minimum Gasteiger partial charge on any atom is -0.326 e. The van der Waals surface area contributed by atoms with E-state index in [0.29, 0.717) is 17.0 Å². The molecule has 0 bridgehead atoms. The summed E-state index contributed by atoms with van der Waals surface area (Å²) in [6, 6.07) is 12.4. The molecule has 1 N–H and O–H groups in total. The van der Waals surface area contributed by atoms with Crippen molar-refractivity contribution in [2.75, 3.05) is 16.0 Å². The number of carbonyl (C=O) groups excluding carboxylic acids is 2. The highest BCUT2D eigenvalue weighted by atomic mass is 32.2. The van der Waals surface area contributed by atoms with Crippen LogP contribution in [0.3, 0.4) is 0 Å². The molecular weight excluding hydrogens is 399 g/mol. The van der Waals surface area contributed by atoms with E-state index in [-0.39, 0.29) is 28.9 Å². The fourth-order valence-electron chi connectivity index (χ4n) is 3.77. The molecule has 0 saturated carbocycles. The Morgan fingerprint density at radius 3 is 2.77 bits per heavy atom. The lowest BCUT2D eigenvalue weighted by Gasteiger charge is -2.26. The average Bonchev–Trinajstić information content (AvgIpc) is 3.12. The van der Waals surface area contributed by atoms with Crippen molar-refractivity contribution in [3.63, 3.8) is 0 Å². The topological polar surface area (TPSA) is 49.4 Å². The SMILES string of the molecule is CCCC[C@@H](CC)C(=O)Nc1cccc([C@@H]2SCC(=O)N2c2cccc(F)c2C)c1. The molecule has 2 amide bonds. The van der Waals surface area contributed by atoms with E-state index in [1.54, 1.807) is 24.0 Å². The van der Waals surface area contributed by atoms with E-state index in [2.05, 4.69) is 12.2 Å². The minimum absolute atomic E-state index is 0.00230. The van der Waals surface area contributed by atoms with Crippen molar-refractivity contribution < 1.29 is 14.0 Å². The smallest absolute Gasteiger partial charge is 0.238 e. The molecule has 0 aromatic heterocycles. The molecule has 2 atom stereocenters. The molecule has 0 spiro atoms. The Kier molecular flexibility index (Phi) is 7.53. The Bertz CT molecular complexity index is 918. The molecule has 1 heterocycles. The zero-order valence-electron chi connectivity index (χ0n) is 17.8. The van der Waals surface area contributed by atoms with E-state index in [1.807, 2.05) is 31.2 Å². The normalized spacial score (nSPS) is 17.3. The van der Waals surface area contributed by atoms with Crippen LogP contribution < -0.4 is 10.2 Å². The molecule has 160 valence electrons. The molecule has 2 aromatic rings. The first-order chi connectivity index (χ1) is 14.5. The van der Waals surface area contributed by atoms with Crippen LogP contribution >= 0.6 is 11.8 Å². The number of amides is 2. The highest BCUT2D eigenvalue weighted by molar-refractivity contribution is 8.00. The lowest BCUT2D eigenvalue weighted by atomic mass is 9.98. The predicted molar refractivity (Wildman–Crippen MR) is 122 cm³/mol. The summed E-state index contributed by atoms with van der Waals surface area (Å²) in [7, 11) is 0. The summed E-state index contributed by atoms with van der Waals surface area (Å²) < 4.78 is 14.1. The maximum absolute atomic E-state index is 14.1. The quantitative estimate of drug-likeness (QED) is 0.555. The number of benzene rings is 2. The Labute approximate surface area is 182 Å². The van der Waals surface area contributed by atoms with Gasteiger partial charge in [0.05, 0.1) is 11.4 Å². The highest BCUT2D eigenvalue weighted by Gasteiger charge is 2.35. The lowest BCUT2D eigenvalue weighted by molar-refractivity contribution is -0.120. The van der Waals surface area contributed by atoms with Crippen molar-refractivity contribution >= 4 is 35.0 Å². The molecule has 1 aliphatic rings. The van der Waals surface area contributed by atoms with Gasteiger partial charge in [0.2, 0.25) is 11.8 Å². The number of thioether (sulfide) groups is 1. The Morgan fingerprint density at radius 1 is 1.27 bits per heavy atom. The fourth-order valence-corrected chi connectivity index (χ4v) is 4.93. The fraction of sp³-hybridized carbons (Fsp3) is 0.417. The summed E-state index contributed by atoms with van der Waals surface area (Å²) in [6.07, 6.45) is 3.81. The van der Waals surface area contributed by atoms with Gasteiger partial charge in [0, 0.05) is 17.2 Å². The standard InChI is InChI=1S/C24H29FN2O2S/c1-4-6-9-17(5-2)23(29)26-19-11-7-10-18(14-19)24-27(22(28)15-30-24)21-13-8-12-20(25)16(21)3/h7-8,10-14,17,24H,4-6,9,15H2,1-3H3,(H,26,29)/t17-,24+/m1/s1. The van der Waals surface area contributed by atoms with E-state index in [4.69, 9.17) is 0 Å². The van der Waals surface area contributed by atoms with Crippen LogP contribution in [-0.4, -0.2) is 17.6 Å². The molecule has 1 fully saturated rings. The molecular formula is C24H29FN2O2S. The maximum Gasteiger partial charge on any atom is 0.238 e. The van der Waals surface area contributed by atoms with Crippen LogP contribution in [0.2, 0.25) is 0 Å². The number of rotatable bonds is 8. The summed E-state index contributed by atoms with van der Waals surface area (Å²) in [5, 5.41) is 2.79. The van der Waals surface area contributed by atoms with Crippen LogP contribution in [0.15, 0.2) is 42.5 Å². The van der Waals surface area contributed by atoms with Gasteiger partial charge >= 0.3 is 0 Å². The van der Waals surface area contributed by atoms with Gasteiger partial charge in [-0.25, -0.2) is 4.39 Å². The van der Waals surface area contributed by atoms with Gasteiger partial charge in [-0.1, -0.05) is 44.9 Å². The largest absolute Gasteiger partial charge is 0.326 e.